The fourth-order valence-corrected chi connectivity index (χ4v) is 1.41. The summed E-state index contributed by atoms with van der Waals surface area (Å²) < 4.78 is 5.20. The van der Waals surface area contributed by atoms with Crippen LogP contribution in [0.15, 0.2) is 0 Å². The van der Waals surface area contributed by atoms with Gasteiger partial charge in [-0.15, -0.1) is 0 Å². The lowest BCUT2D eigenvalue weighted by atomic mass is 9.95. The highest BCUT2D eigenvalue weighted by Gasteiger charge is 2.12. The molecular weight excluding hydrogens is 128 g/mol. The minimum absolute atomic E-state index is 0.0946. The van der Waals surface area contributed by atoms with Gasteiger partial charge in [0.25, 0.3) is 0 Å². The molecule has 1 radical (unpaired) electrons. The SMILES string of the molecule is [O]CCCC1CCOCC1. The van der Waals surface area contributed by atoms with Crippen LogP contribution in [0.25, 0.3) is 0 Å². The summed E-state index contributed by atoms with van der Waals surface area (Å²) >= 11 is 0. The Morgan fingerprint density at radius 2 is 2.00 bits per heavy atom. The van der Waals surface area contributed by atoms with Gasteiger partial charge in [-0.05, 0) is 31.6 Å². The van der Waals surface area contributed by atoms with Crippen LogP contribution in [0.2, 0.25) is 0 Å². The molecule has 59 valence electrons. The maximum Gasteiger partial charge on any atom is 0.0822 e. The number of hydrogen-bond acceptors (Lipinski definition) is 1. The molecule has 1 saturated heterocycles. The lowest BCUT2D eigenvalue weighted by Gasteiger charge is -2.21. The predicted octanol–water partition coefficient (Wildman–Crippen LogP) is 1.62. The van der Waals surface area contributed by atoms with E-state index in [0.29, 0.717) is 0 Å². The zero-order chi connectivity index (χ0) is 7.23. The average molecular weight is 143 g/mol. The van der Waals surface area contributed by atoms with Crippen LogP contribution in [0.5, 0.6) is 0 Å². The summed E-state index contributed by atoms with van der Waals surface area (Å²) in [5.41, 5.74) is 0. The molecule has 1 heterocycles. The van der Waals surface area contributed by atoms with Gasteiger partial charge in [0.2, 0.25) is 0 Å². The van der Waals surface area contributed by atoms with E-state index in [0.717, 1.165) is 32.0 Å². The molecule has 0 bridgehead atoms. The molecule has 0 aromatic rings. The van der Waals surface area contributed by atoms with Crippen molar-refractivity contribution >= 4 is 0 Å². The number of rotatable bonds is 3. The van der Waals surface area contributed by atoms with Gasteiger partial charge in [0.1, 0.15) is 0 Å². The van der Waals surface area contributed by atoms with E-state index >= 15 is 0 Å². The Hall–Kier alpha value is -0.0800. The van der Waals surface area contributed by atoms with Gasteiger partial charge in [0.05, 0.1) is 6.61 Å². The Morgan fingerprint density at radius 3 is 2.60 bits per heavy atom. The Morgan fingerprint density at radius 1 is 1.30 bits per heavy atom. The molecule has 0 aromatic carbocycles. The molecule has 0 atom stereocenters. The van der Waals surface area contributed by atoms with Crippen molar-refractivity contribution in [2.45, 2.75) is 25.7 Å². The van der Waals surface area contributed by atoms with E-state index in [2.05, 4.69) is 0 Å². The second-order valence-electron chi connectivity index (χ2n) is 2.90. The fraction of sp³-hybridized carbons (Fsp3) is 1.00. The van der Waals surface area contributed by atoms with Crippen molar-refractivity contribution in [1.82, 2.24) is 0 Å². The summed E-state index contributed by atoms with van der Waals surface area (Å²) in [5.74, 6) is 0.780. The molecule has 0 saturated carbocycles. The van der Waals surface area contributed by atoms with Gasteiger partial charge < -0.3 is 4.74 Å². The highest BCUT2D eigenvalue weighted by Crippen LogP contribution is 2.19. The molecule has 0 aliphatic carbocycles. The summed E-state index contributed by atoms with van der Waals surface area (Å²) in [6, 6.07) is 0. The average Bonchev–Trinajstić information content (AvgIpc) is 2.03. The van der Waals surface area contributed by atoms with Gasteiger partial charge >= 0.3 is 0 Å². The molecule has 0 amide bonds. The second kappa shape index (κ2) is 4.69. The third-order valence-electron chi connectivity index (χ3n) is 2.10. The van der Waals surface area contributed by atoms with E-state index in [1.54, 1.807) is 0 Å². The minimum atomic E-state index is 0.0946. The molecule has 1 fully saturated rings. The molecule has 0 unspecified atom stereocenters. The standard InChI is InChI=1S/C8H15O2/c9-5-1-2-8-3-6-10-7-4-8/h8H,1-7H2. The number of hydrogen-bond donors (Lipinski definition) is 0. The first-order valence-corrected chi connectivity index (χ1v) is 4.09. The van der Waals surface area contributed by atoms with Gasteiger partial charge in [0.15, 0.2) is 0 Å². The van der Waals surface area contributed by atoms with Crippen LogP contribution in [-0.2, 0) is 9.84 Å². The Labute approximate surface area is 62.2 Å². The summed E-state index contributed by atoms with van der Waals surface area (Å²) in [4.78, 5) is 0. The lowest BCUT2D eigenvalue weighted by Crippen LogP contribution is -2.15. The predicted molar refractivity (Wildman–Crippen MR) is 38.3 cm³/mol. The van der Waals surface area contributed by atoms with E-state index in [1.807, 2.05) is 0 Å². The van der Waals surface area contributed by atoms with E-state index in [-0.39, 0.29) is 6.61 Å². The van der Waals surface area contributed by atoms with Gasteiger partial charge in [0, 0.05) is 13.2 Å². The highest BCUT2D eigenvalue weighted by atomic mass is 16.5. The zero-order valence-electron chi connectivity index (χ0n) is 6.34. The third kappa shape index (κ3) is 2.67. The summed E-state index contributed by atoms with van der Waals surface area (Å²) in [7, 11) is 0. The second-order valence-corrected chi connectivity index (χ2v) is 2.90. The molecule has 0 N–H and O–H groups in total. The van der Waals surface area contributed by atoms with Crippen LogP contribution in [-0.4, -0.2) is 19.8 Å². The summed E-state index contributed by atoms with van der Waals surface area (Å²) in [5, 5.41) is 10.1. The van der Waals surface area contributed by atoms with Crippen molar-refractivity contribution in [3.8, 4) is 0 Å². The van der Waals surface area contributed by atoms with Crippen LogP contribution < -0.4 is 0 Å². The maximum atomic E-state index is 10.1. The molecule has 1 rings (SSSR count). The van der Waals surface area contributed by atoms with Crippen molar-refractivity contribution < 1.29 is 9.84 Å². The van der Waals surface area contributed by atoms with Crippen molar-refractivity contribution in [3.05, 3.63) is 0 Å². The van der Waals surface area contributed by atoms with Gasteiger partial charge in [-0.25, -0.2) is 5.11 Å². The van der Waals surface area contributed by atoms with E-state index in [9.17, 15) is 5.11 Å². The quantitative estimate of drug-likeness (QED) is 0.590. The topological polar surface area (TPSA) is 29.1 Å². The molecule has 2 heteroatoms. The van der Waals surface area contributed by atoms with E-state index in [4.69, 9.17) is 4.74 Å². The minimum Gasteiger partial charge on any atom is -0.381 e. The van der Waals surface area contributed by atoms with Crippen LogP contribution >= 0.6 is 0 Å². The molecule has 1 aliphatic heterocycles. The molecule has 2 nitrogen and oxygen atoms in total. The largest absolute Gasteiger partial charge is 0.381 e. The lowest BCUT2D eigenvalue weighted by molar-refractivity contribution is 0.0598. The Kier molecular flexibility index (Phi) is 3.76. The first-order chi connectivity index (χ1) is 4.93. The fourth-order valence-electron chi connectivity index (χ4n) is 1.41. The first kappa shape index (κ1) is 8.02. The van der Waals surface area contributed by atoms with Crippen molar-refractivity contribution in [2.24, 2.45) is 5.92 Å². The molecule has 0 spiro atoms. The third-order valence-corrected chi connectivity index (χ3v) is 2.10. The van der Waals surface area contributed by atoms with Crippen molar-refractivity contribution in [2.75, 3.05) is 19.8 Å². The first-order valence-electron chi connectivity index (χ1n) is 4.09. The van der Waals surface area contributed by atoms with Crippen LogP contribution in [0, 0.1) is 5.92 Å². The van der Waals surface area contributed by atoms with E-state index in [1.165, 1.54) is 12.8 Å². The molecule has 0 aromatic heterocycles. The molecule has 1 aliphatic rings. The monoisotopic (exact) mass is 143 g/mol. The zero-order valence-corrected chi connectivity index (χ0v) is 6.34. The van der Waals surface area contributed by atoms with Crippen molar-refractivity contribution in [3.63, 3.8) is 0 Å². The number of ether oxygens (including phenoxy) is 1. The van der Waals surface area contributed by atoms with E-state index < -0.39 is 0 Å². The molecular formula is C8H15O2. The molecule has 10 heavy (non-hydrogen) atoms. The van der Waals surface area contributed by atoms with Crippen LogP contribution in [0.3, 0.4) is 0 Å². The highest BCUT2D eigenvalue weighted by molar-refractivity contribution is 4.62. The van der Waals surface area contributed by atoms with Crippen LogP contribution in [0.1, 0.15) is 25.7 Å². The summed E-state index contributed by atoms with van der Waals surface area (Å²) in [6.07, 6.45) is 4.30. The van der Waals surface area contributed by atoms with Crippen LogP contribution in [0.4, 0.5) is 0 Å². The maximum absolute atomic E-state index is 10.1. The summed E-state index contributed by atoms with van der Waals surface area (Å²) in [6.45, 7) is 1.91. The Bertz CT molecular complexity index is 77.3. The van der Waals surface area contributed by atoms with Gasteiger partial charge in [-0.3, -0.25) is 0 Å². The smallest absolute Gasteiger partial charge is 0.0822 e. The normalized spacial score (nSPS) is 21.3. The Balaban J connectivity index is 2.02. The van der Waals surface area contributed by atoms with Gasteiger partial charge in [-0.2, -0.15) is 0 Å². The van der Waals surface area contributed by atoms with Crippen molar-refractivity contribution in [1.29, 1.82) is 0 Å². The van der Waals surface area contributed by atoms with Gasteiger partial charge in [-0.1, -0.05) is 0 Å².